The average molecular weight is 373 g/mol. The zero-order valence-electron chi connectivity index (χ0n) is 10.7. The van der Waals surface area contributed by atoms with Gasteiger partial charge in [-0.05, 0) is 42.5 Å². The fourth-order valence-electron chi connectivity index (χ4n) is 1.54. The summed E-state index contributed by atoms with van der Waals surface area (Å²) in [6.45, 7) is 0. The van der Waals surface area contributed by atoms with E-state index in [1.54, 1.807) is 0 Å². The molecule has 0 saturated heterocycles. The van der Waals surface area contributed by atoms with Gasteiger partial charge in [0.25, 0.3) is 6.08 Å². The molecule has 0 aliphatic heterocycles. The first-order valence-electron chi connectivity index (χ1n) is 5.80. The molecule has 0 saturated carbocycles. The summed E-state index contributed by atoms with van der Waals surface area (Å²) in [5, 5.41) is 0. The van der Waals surface area contributed by atoms with Crippen molar-refractivity contribution in [2.45, 2.75) is 21.2 Å². The lowest BCUT2D eigenvalue weighted by Crippen LogP contribution is -1.98. The number of allylic oxidation sites excluding steroid dienone is 1. The van der Waals surface area contributed by atoms with Gasteiger partial charge in [0, 0.05) is 10.6 Å². The minimum absolute atomic E-state index is 0.00920. The molecule has 10 heteroatoms. The molecule has 0 aliphatic carbocycles. The molecule has 0 bridgehead atoms. The molecule has 1 heterocycles. The zero-order chi connectivity index (χ0) is 16.3. The molecule has 1 unspecified atom stereocenters. The van der Waals surface area contributed by atoms with E-state index in [0.29, 0.717) is 16.3 Å². The van der Waals surface area contributed by atoms with Gasteiger partial charge in [0.05, 0.1) is 21.0 Å². The molecule has 0 aliphatic rings. The molecule has 0 amide bonds. The Hall–Kier alpha value is -1.00. The molecule has 1 aromatic heterocycles. The lowest BCUT2D eigenvalue weighted by molar-refractivity contribution is -0.0328. The third kappa shape index (κ3) is 5.03. The molecule has 0 radical (unpaired) electrons. The van der Waals surface area contributed by atoms with Gasteiger partial charge in [-0.2, -0.15) is 22.0 Å². The number of alkyl halides is 3. The highest BCUT2D eigenvalue weighted by Crippen LogP contribution is 2.38. The summed E-state index contributed by atoms with van der Waals surface area (Å²) in [5.41, 5.74) is -4.08. The Bertz CT molecular complexity index is 721. The third-order valence-electron chi connectivity index (χ3n) is 2.37. The Morgan fingerprint density at radius 2 is 2.09 bits per heavy atom. The van der Waals surface area contributed by atoms with Crippen molar-refractivity contribution < 1.29 is 26.2 Å². The van der Waals surface area contributed by atoms with Crippen molar-refractivity contribution in [1.82, 2.24) is 4.98 Å². The van der Waals surface area contributed by atoms with Crippen LogP contribution in [0.4, 0.5) is 22.0 Å². The smallest absolute Gasteiger partial charge is 0.252 e. The van der Waals surface area contributed by atoms with Gasteiger partial charge in [0.1, 0.15) is 0 Å². The maximum Gasteiger partial charge on any atom is 0.446 e. The van der Waals surface area contributed by atoms with Crippen LogP contribution in [0.25, 0.3) is 10.2 Å². The Morgan fingerprint density at radius 3 is 2.73 bits per heavy atom. The number of hydrogen-bond donors (Lipinski definition) is 0. The Balaban J connectivity index is 2.16. The van der Waals surface area contributed by atoms with Crippen LogP contribution in [0.2, 0.25) is 0 Å². The summed E-state index contributed by atoms with van der Waals surface area (Å²) in [6, 6.07) is 4.06. The van der Waals surface area contributed by atoms with Crippen molar-refractivity contribution in [3.8, 4) is 0 Å². The predicted molar refractivity (Wildman–Crippen MR) is 77.7 cm³/mol. The summed E-state index contributed by atoms with van der Waals surface area (Å²) in [4.78, 5) is 4.02. The lowest BCUT2D eigenvalue weighted by atomic mass is 10.3. The second kappa shape index (κ2) is 7.05. The molecule has 22 heavy (non-hydrogen) atoms. The number of rotatable bonds is 5. The molecule has 0 N–H and O–H groups in total. The fraction of sp³-hybridized carbons (Fsp3) is 0.250. The van der Waals surface area contributed by atoms with Crippen LogP contribution in [0.3, 0.4) is 0 Å². The van der Waals surface area contributed by atoms with Crippen LogP contribution in [0, 0.1) is 0 Å². The standard InChI is InChI=1S/C12H8F5NOS3/c13-10(14)2-1-5-22(19)11-18-8-6-7(21-12(15,16)17)3-4-9(8)20-11/h2-4,6H,1,5H2. The van der Waals surface area contributed by atoms with Crippen LogP contribution in [-0.4, -0.2) is 20.5 Å². The van der Waals surface area contributed by atoms with Crippen LogP contribution in [0.15, 0.2) is 39.6 Å². The Labute approximate surface area is 132 Å². The van der Waals surface area contributed by atoms with Crippen molar-refractivity contribution in [3.05, 3.63) is 30.4 Å². The quantitative estimate of drug-likeness (QED) is 0.534. The SMILES string of the molecule is O=S(CCC=C(F)F)c1nc2cc(SC(F)(F)F)ccc2s1. The fourth-order valence-corrected chi connectivity index (χ4v) is 4.39. The van der Waals surface area contributed by atoms with Crippen molar-refractivity contribution in [1.29, 1.82) is 0 Å². The van der Waals surface area contributed by atoms with Gasteiger partial charge in [-0.15, -0.1) is 11.3 Å². The molecule has 1 aromatic carbocycles. The summed E-state index contributed by atoms with van der Waals surface area (Å²) < 4.78 is 73.4. The number of hydrogen-bond acceptors (Lipinski definition) is 4. The molecule has 1 atom stereocenters. The van der Waals surface area contributed by atoms with E-state index in [1.807, 2.05) is 0 Å². The first-order valence-corrected chi connectivity index (χ1v) is 8.75. The number of nitrogens with zero attached hydrogens (tertiary/aromatic N) is 1. The molecule has 0 spiro atoms. The van der Waals surface area contributed by atoms with E-state index in [2.05, 4.69) is 4.98 Å². The highest BCUT2D eigenvalue weighted by Gasteiger charge is 2.29. The van der Waals surface area contributed by atoms with Crippen molar-refractivity contribution >= 4 is 44.1 Å². The Morgan fingerprint density at radius 1 is 1.36 bits per heavy atom. The first kappa shape index (κ1) is 17.4. The average Bonchev–Trinajstić information content (AvgIpc) is 2.79. The number of thioether (sulfide) groups is 1. The maximum absolute atomic E-state index is 12.3. The highest BCUT2D eigenvalue weighted by molar-refractivity contribution is 8.00. The van der Waals surface area contributed by atoms with E-state index in [0.717, 1.165) is 11.3 Å². The molecule has 0 fully saturated rings. The summed E-state index contributed by atoms with van der Waals surface area (Å²) in [7, 11) is -1.56. The second-order valence-electron chi connectivity index (χ2n) is 3.99. The zero-order valence-corrected chi connectivity index (χ0v) is 13.1. The molecule has 120 valence electrons. The van der Waals surface area contributed by atoms with Gasteiger partial charge < -0.3 is 0 Å². The van der Waals surface area contributed by atoms with Gasteiger partial charge in [0.2, 0.25) is 0 Å². The normalized spacial score (nSPS) is 13.3. The minimum Gasteiger partial charge on any atom is -0.252 e. The monoisotopic (exact) mass is 373 g/mol. The first-order chi connectivity index (χ1) is 10.2. The third-order valence-corrected chi connectivity index (χ3v) is 5.82. The van der Waals surface area contributed by atoms with Crippen LogP contribution in [0.1, 0.15) is 6.42 Å². The van der Waals surface area contributed by atoms with Crippen molar-refractivity contribution in [2.24, 2.45) is 0 Å². The molecular weight excluding hydrogens is 365 g/mol. The van der Waals surface area contributed by atoms with Gasteiger partial charge in [-0.25, -0.2) is 4.98 Å². The van der Waals surface area contributed by atoms with Gasteiger partial charge in [-0.1, -0.05) is 0 Å². The van der Waals surface area contributed by atoms with Crippen molar-refractivity contribution in [3.63, 3.8) is 0 Å². The lowest BCUT2D eigenvalue weighted by Gasteiger charge is -2.04. The van der Waals surface area contributed by atoms with Gasteiger partial charge in [0.15, 0.2) is 4.34 Å². The number of aromatic nitrogens is 1. The van der Waals surface area contributed by atoms with Crippen LogP contribution < -0.4 is 0 Å². The van der Waals surface area contributed by atoms with E-state index in [1.165, 1.54) is 18.2 Å². The number of halogens is 5. The molecule has 2 aromatic rings. The van der Waals surface area contributed by atoms with Gasteiger partial charge >= 0.3 is 5.51 Å². The molecular formula is C12H8F5NOS3. The molecule has 2 rings (SSSR count). The van der Waals surface area contributed by atoms with E-state index >= 15 is 0 Å². The number of thiazole rings is 1. The van der Waals surface area contributed by atoms with E-state index in [4.69, 9.17) is 0 Å². The summed E-state index contributed by atoms with van der Waals surface area (Å²) >= 11 is 0.829. The maximum atomic E-state index is 12.3. The minimum atomic E-state index is -4.39. The molecule has 2 nitrogen and oxygen atoms in total. The number of fused-ring (bicyclic) bond motifs is 1. The predicted octanol–water partition coefficient (Wildman–Crippen LogP) is 5.19. The summed E-state index contributed by atoms with van der Waals surface area (Å²) in [5.74, 6) is -0.0126. The van der Waals surface area contributed by atoms with E-state index in [-0.39, 0.29) is 33.2 Å². The largest absolute Gasteiger partial charge is 0.446 e. The van der Waals surface area contributed by atoms with Crippen LogP contribution in [0.5, 0.6) is 0 Å². The van der Waals surface area contributed by atoms with Gasteiger partial charge in [-0.3, -0.25) is 4.21 Å². The van der Waals surface area contributed by atoms with E-state index < -0.39 is 22.4 Å². The van der Waals surface area contributed by atoms with Crippen LogP contribution >= 0.6 is 23.1 Å². The highest BCUT2D eigenvalue weighted by atomic mass is 32.2. The van der Waals surface area contributed by atoms with E-state index in [9.17, 15) is 26.2 Å². The Kier molecular flexibility index (Phi) is 5.56. The summed E-state index contributed by atoms with van der Waals surface area (Å²) in [6.07, 6.45) is -1.22. The second-order valence-corrected chi connectivity index (χ2v) is 7.90. The number of benzene rings is 1. The topological polar surface area (TPSA) is 30.0 Å². The van der Waals surface area contributed by atoms with Crippen molar-refractivity contribution in [2.75, 3.05) is 5.75 Å². The van der Waals surface area contributed by atoms with Crippen LogP contribution in [-0.2, 0) is 10.8 Å².